The zero-order valence-electron chi connectivity index (χ0n) is 55.2. The summed E-state index contributed by atoms with van der Waals surface area (Å²) in [7, 11) is -3.79. The molecule has 6 aromatic rings. The van der Waals surface area contributed by atoms with Crippen molar-refractivity contribution in [2.24, 2.45) is 32.2 Å². The number of benzene rings is 4. The molecule has 21 nitrogen and oxygen atoms in total. The van der Waals surface area contributed by atoms with Gasteiger partial charge < -0.3 is 10.2 Å². The number of furan rings is 1. The van der Waals surface area contributed by atoms with Crippen molar-refractivity contribution >= 4 is 85.6 Å². The van der Waals surface area contributed by atoms with Gasteiger partial charge in [0.25, 0.3) is 29.5 Å². The Morgan fingerprint density at radius 3 is 1.02 bits per heavy atom. The maximum atomic E-state index is 14.5. The monoisotopic (exact) mass is 1360 g/mol. The van der Waals surface area contributed by atoms with Gasteiger partial charge in [-0.3, -0.25) is 79.5 Å². The molecule has 0 atom stereocenters. The van der Waals surface area contributed by atoms with Crippen LogP contribution in [0.3, 0.4) is 0 Å². The molecule has 0 saturated heterocycles. The van der Waals surface area contributed by atoms with Gasteiger partial charge in [-0.25, -0.2) is 44.3 Å². The minimum absolute atomic E-state index is 0.0886. The maximum Gasteiger partial charge on any atom is 0.293 e. The van der Waals surface area contributed by atoms with Gasteiger partial charge in [0.05, 0.1) is 21.9 Å². The third-order valence-corrected chi connectivity index (χ3v) is 16.4. The van der Waals surface area contributed by atoms with Crippen LogP contribution in [0.25, 0.3) is 10.8 Å². The number of sulfonamides is 1. The first-order valence-corrected chi connectivity index (χ1v) is 30.8. The summed E-state index contributed by atoms with van der Waals surface area (Å²) < 4.78 is 124. The highest BCUT2D eigenvalue weighted by atomic mass is 32.2. The zero-order valence-corrected chi connectivity index (χ0v) is 56.0. The second kappa shape index (κ2) is 34.1. The lowest BCUT2D eigenvalue weighted by atomic mass is 9.89. The van der Waals surface area contributed by atoms with Crippen molar-refractivity contribution in [1.29, 1.82) is 0 Å². The van der Waals surface area contributed by atoms with E-state index in [9.17, 15) is 87.1 Å². The first-order valence-electron chi connectivity index (χ1n) is 29.3. The first-order chi connectivity index (χ1) is 43.7. The van der Waals surface area contributed by atoms with E-state index in [1.165, 1.54) is 62.8 Å². The number of nitrogen functional groups attached to an aromatic ring is 1. The fourth-order valence-electron chi connectivity index (χ4n) is 6.53. The zero-order chi connectivity index (χ0) is 73.1. The van der Waals surface area contributed by atoms with E-state index >= 15 is 0 Å². The fraction of sp³-hybridized carbons (Fsp3) is 0.379. The Bertz CT molecular complexity index is 3920. The lowest BCUT2D eigenvalue weighted by Crippen LogP contribution is -2.41. The SMILES string of the molecule is CCC(C)(C)C(=O)NC(=O)c1c(F)c(F)c2c(F)c(F)c(F)c(F)c2c1F.CCC(C)(C)C(=O)NC(=O)c1ccc(N)cc1.CCC(C)(C)C(=O)NC(=O)c1ccc(S(N)(=O)=O)cc1.CCC(C)(C)C(=O)NC(=O)c1ccco1.CCC(C)(C)C(=O)NC(=O)c1ccncc1. The number of rotatable bonds is 16. The van der Waals surface area contributed by atoms with Crippen molar-refractivity contribution in [3.63, 3.8) is 0 Å². The van der Waals surface area contributed by atoms with Crippen LogP contribution in [0, 0.1) is 67.8 Å². The molecule has 516 valence electrons. The number of pyridine rings is 1. The molecule has 0 bridgehead atoms. The fourth-order valence-corrected chi connectivity index (χ4v) is 7.05. The van der Waals surface area contributed by atoms with Crippen LogP contribution in [0.1, 0.15) is 188 Å². The largest absolute Gasteiger partial charge is 0.459 e. The second-order valence-corrected chi connectivity index (χ2v) is 25.9. The molecule has 6 rings (SSSR count). The minimum atomic E-state index is -3.79. The predicted octanol–water partition coefficient (Wildman–Crippen LogP) is 11.2. The van der Waals surface area contributed by atoms with Gasteiger partial charge >= 0.3 is 0 Å². The molecule has 0 aliphatic heterocycles. The van der Waals surface area contributed by atoms with Crippen molar-refractivity contribution in [2.75, 3.05) is 5.73 Å². The third kappa shape index (κ3) is 22.3. The number of nitrogens with two attached hydrogens (primary N) is 2. The molecule has 0 aliphatic rings. The number of nitrogens with zero attached hydrogens (tertiary/aromatic N) is 1. The van der Waals surface area contributed by atoms with Gasteiger partial charge in [-0.05, 0) is 105 Å². The van der Waals surface area contributed by atoms with Crippen LogP contribution in [0.2, 0.25) is 0 Å². The number of halogens is 7. The highest BCUT2D eigenvalue weighted by Gasteiger charge is 2.36. The van der Waals surface area contributed by atoms with Crippen LogP contribution in [0.15, 0.2) is 101 Å². The number of fused-ring (bicyclic) bond motifs is 1. The van der Waals surface area contributed by atoms with E-state index in [0.717, 1.165) is 0 Å². The summed E-state index contributed by atoms with van der Waals surface area (Å²) in [5.41, 5.74) is 2.00. The normalized spacial score (nSPS) is 11.4. The van der Waals surface area contributed by atoms with Crippen molar-refractivity contribution < 1.29 is 91.5 Å². The van der Waals surface area contributed by atoms with E-state index in [-0.39, 0.29) is 52.2 Å². The smallest absolute Gasteiger partial charge is 0.293 e. The molecule has 0 radical (unpaired) electrons. The molecule has 4 aromatic carbocycles. The van der Waals surface area contributed by atoms with Crippen LogP contribution in [0.4, 0.5) is 36.4 Å². The highest BCUT2D eigenvalue weighted by molar-refractivity contribution is 7.89. The number of hydrogen-bond donors (Lipinski definition) is 7. The predicted molar refractivity (Wildman–Crippen MR) is 338 cm³/mol. The molecule has 10 amide bonds. The maximum absolute atomic E-state index is 14.5. The number of carbonyl (C=O) groups is 10. The van der Waals surface area contributed by atoms with E-state index < -0.39 is 124 Å². The van der Waals surface area contributed by atoms with Gasteiger partial charge in [-0.15, -0.1) is 0 Å². The Morgan fingerprint density at radius 2 is 0.705 bits per heavy atom. The van der Waals surface area contributed by atoms with E-state index in [1.54, 1.807) is 96.2 Å². The average molecular weight is 1360 g/mol. The Labute approximate surface area is 545 Å². The van der Waals surface area contributed by atoms with E-state index in [2.05, 4.69) is 26.3 Å². The molecule has 29 heteroatoms. The van der Waals surface area contributed by atoms with Gasteiger partial charge in [0.1, 0.15) is 11.4 Å². The lowest BCUT2D eigenvalue weighted by molar-refractivity contribution is -0.129. The average Bonchev–Trinajstić information content (AvgIpc) is 1.74. The summed E-state index contributed by atoms with van der Waals surface area (Å²) in [5.74, 6) is -22.1. The summed E-state index contributed by atoms with van der Waals surface area (Å²) >= 11 is 0. The quantitative estimate of drug-likeness (QED) is 0.0205. The van der Waals surface area contributed by atoms with Crippen LogP contribution in [-0.2, 0) is 34.0 Å². The molecular formula is C66H79F7N8O13S. The molecule has 0 fully saturated rings. The van der Waals surface area contributed by atoms with Gasteiger partial charge in [0, 0.05) is 61.8 Å². The van der Waals surface area contributed by atoms with Gasteiger partial charge in [0.2, 0.25) is 39.6 Å². The van der Waals surface area contributed by atoms with Crippen LogP contribution >= 0.6 is 0 Å². The topological polar surface area (TPSA) is 343 Å². The molecule has 2 aromatic heterocycles. The number of anilines is 1. The van der Waals surface area contributed by atoms with Crippen molar-refractivity contribution in [1.82, 2.24) is 31.6 Å². The first kappa shape index (κ1) is 81.6. The van der Waals surface area contributed by atoms with E-state index in [1.807, 2.05) is 41.5 Å². The summed E-state index contributed by atoms with van der Waals surface area (Å²) in [6, 6.07) is 17.8. The van der Waals surface area contributed by atoms with E-state index in [0.29, 0.717) is 42.5 Å². The third-order valence-electron chi connectivity index (χ3n) is 15.5. The van der Waals surface area contributed by atoms with Crippen molar-refractivity contribution in [2.45, 2.75) is 141 Å². The lowest BCUT2D eigenvalue weighted by Gasteiger charge is -2.21. The molecule has 0 saturated carbocycles. The van der Waals surface area contributed by atoms with Gasteiger partial charge in [-0.2, -0.15) is 0 Å². The van der Waals surface area contributed by atoms with E-state index in [4.69, 9.17) is 15.3 Å². The van der Waals surface area contributed by atoms with Crippen LogP contribution in [-0.4, -0.2) is 72.5 Å². The van der Waals surface area contributed by atoms with Crippen LogP contribution < -0.4 is 37.5 Å². The number of imide groups is 5. The summed E-state index contributed by atoms with van der Waals surface area (Å²) in [5, 5.41) is 12.3. The molecule has 95 heavy (non-hydrogen) atoms. The Morgan fingerprint density at radius 1 is 0.411 bits per heavy atom. The number of amides is 10. The summed E-state index contributed by atoms with van der Waals surface area (Å²) in [6.45, 7) is 26.2. The molecule has 2 heterocycles. The Balaban J connectivity index is 0.000000412. The summed E-state index contributed by atoms with van der Waals surface area (Å²) in [4.78, 5) is 121. The number of hydrogen-bond acceptors (Lipinski definition) is 15. The molecular weight excluding hydrogens is 1280 g/mol. The number of nitrogens with one attached hydrogen (secondary N) is 5. The number of carbonyl (C=O) groups excluding carboxylic acids is 10. The Kier molecular flexibility index (Phi) is 29.3. The highest BCUT2D eigenvalue weighted by Crippen LogP contribution is 2.35. The molecule has 0 aliphatic carbocycles. The summed E-state index contributed by atoms with van der Waals surface area (Å²) in [6.07, 6.45) is 7.27. The number of aromatic nitrogens is 1. The second-order valence-electron chi connectivity index (χ2n) is 24.3. The molecule has 9 N–H and O–H groups in total. The molecule has 0 unspecified atom stereocenters. The minimum Gasteiger partial charge on any atom is -0.459 e. The standard InChI is InChI=1S/C17H12F7NO2.C13H18N2O4S.C13H18N2O2.C12H16N2O2.C11H15NO3/c1-4-17(2,3)16(27)25-15(26)7-8(18)5-6(9(19)12(7)22)11(21)14(24)13(23)10(5)20;1-4-13(2,3)12(17)15-11(16)9-5-7-10(8-6-9)20(14,18)19;1-4-13(2,3)12(17)15-11(16)9-5-7-10(14)8-6-9;1-4-12(2,3)11(16)14-10(15)9-5-7-13-8-6-9;1-4-11(2,3)10(14)12-9(13)8-6-5-7-15-8/h4H2,1-3H3,(H,25,26,27);5-8H,4H2,1-3H3,(H2,14,18,19)(H,15,16,17);5-8H,4,14H2,1-3H3,(H,15,16,17);5-8H,4H2,1-3H3,(H,14,15,16);5-7H,4H2,1-3H3,(H,12,13,14). The van der Waals surface area contributed by atoms with Crippen molar-refractivity contribution in [3.05, 3.63) is 160 Å². The van der Waals surface area contributed by atoms with Crippen molar-refractivity contribution in [3.8, 4) is 0 Å². The van der Waals surface area contributed by atoms with Gasteiger partial charge in [-0.1, -0.05) is 104 Å². The Hall–Kier alpha value is -9.51. The van der Waals surface area contributed by atoms with Crippen LogP contribution in [0.5, 0.6) is 0 Å². The number of primary sulfonamides is 1. The van der Waals surface area contributed by atoms with Gasteiger partial charge in [0.15, 0.2) is 40.7 Å². The molecule has 0 spiro atoms.